The van der Waals surface area contributed by atoms with Crippen LogP contribution in [0, 0.1) is 13.8 Å². The summed E-state index contributed by atoms with van der Waals surface area (Å²) in [5, 5.41) is 11.4. The van der Waals surface area contributed by atoms with Crippen molar-refractivity contribution >= 4 is 50.7 Å². The minimum Gasteiger partial charge on any atom is -0.325 e. The van der Waals surface area contributed by atoms with Gasteiger partial charge in [-0.3, -0.25) is 4.79 Å². The van der Waals surface area contributed by atoms with E-state index in [1.54, 1.807) is 13.0 Å². The number of thioether (sulfide) groups is 1. The molecule has 2 heterocycles. The van der Waals surface area contributed by atoms with Crippen molar-refractivity contribution in [3.63, 3.8) is 0 Å². The zero-order valence-electron chi connectivity index (χ0n) is 14.9. The van der Waals surface area contributed by atoms with Gasteiger partial charge in [-0.25, -0.2) is 23.1 Å². The number of aryl methyl sites for hydroxylation is 2. The highest BCUT2D eigenvalue weighted by Gasteiger charge is 2.16. The van der Waals surface area contributed by atoms with Crippen molar-refractivity contribution in [1.82, 2.24) is 20.2 Å². The van der Waals surface area contributed by atoms with Crippen LogP contribution < -0.4 is 10.0 Å². The molecule has 2 N–H and O–H groups in total. The highest BCUT2D eigenvalue weighted by Crippen LogP contribution is 2.22. The highest BCUT2D eigenvalue weighted by molar-refractivity contribution is 8.01. The molecule has 1 aromatic carbocycles. The molecule has 28 heavy (non-hydrogen) atoms. The lowest BCUT2D eigenvalue weighted by molar-refractivity contribution is -0.113. The van der Waals surface area contributed by atoms with Gasteiger partial charge in [0.25, 0.3) is 10.0 Å². The molecule has 9 nitrogen and oxygen atoms in total. The van der Waals surface area contributed by atoms with Gasteiger partial charge in [-0.1, -0.05) is 23.1 Å². The van der Waals surface area contributed by atoms with E-state index < -0.39 is 10.0 Å². The van der Waals surface area contributed by atoms with Crippen molar-refractivity contribution < 1.29 is 13.2 Å². The Balaban J connectivity index is 1.59. The van der Waals surface area contributed by atoms with Crippen LogP contribution in [-0.4, -0.2) is 40.2 Å². The molecule has 0 aliphatic carbocycles. The Morgan fingerprint density at radius 3 is 2.54 bits per heavy atom. The number of rotatable bonds is 7. The molecule has 0 saturated carbocycles. The first-order valence-corrected chi connectivity index (χ1v) is 11.3. The van der Waals surface area contributed by atoms with Gasteiger partial charge >= 0.3 is 0 Å². The maximum absolute atomic E-state index is 12.4. The summed E-state index contributed by atoms with van der Waals surface area (Å²) in [5.41, 5.74) is 1.14. The van der Waals surface area contributed by atoms with E-state index in [9.17, 15) is 13.2 Å². The summed E-state index contributed by atoms with van der Waals surface area (Å²) in [4.78, 5) is 20.0. The molecule has 0 spiro atoms. The molecular weight excluding hydrogens is 420 g/mol. The predicted molar refractivity (Wildman–Crippen MR) is 108 cm³/mol. The van der Waals surface area contributed by atoms with Crippen molar-refractivity contribution in [2.45, 2.75) is 23.1 Å². The normalized spacial score (nSPS) is 11.2. The molecule has 0 saturated heterocycles. The van der Waals surface area contributed by atoms with Gasteiger partial charge < -0.3 is 5.32 Å². The van der Waals surface area contributed by atoms with Gasteiger partial charge in [-0.15, -0.1) is 10.2 Å². The fourth-order valence-corrected chi connectivity index (χ4v) is 4.62. The third-order valence-electron chi connectivity index (χ3n) is 3.30. The van der Waals surface area contributed by atoms with Crippen LogP contribution in [-0.2, 0) is 14.8 Å². The van der Waals surface area contributed by atoms with Crippen molar-refractivity contribution in [2.75, 3.05) is 15.8 Å². The van der Waals surface area contributed by atoms with Gasteiger partial charge in [-0.05, 0) is 44.2 Å². The average molecular weight is 437 g/mol. The topological polar surface area (TPSA) is 127 Å². The second-order valence-corrected chi connectivity index (χ2v) is 9.66. The molecule has 2 aromatic heterocycles. The van der Waals surface area contributed by atoms with E-state index in [2.05, 4.69) is 30.2 Å². The number of benzene rings is 1. The van der Waals surface area contributed by atoms with Gasteiger partial charge in [0.15, 0.2) is 4.34 Å². The van der Waals surface area contributed by atoms with E-state index in [0.717, 1.165) is 9.35 Å². The molecular formula is C16H16N6O3S3. The van der Waals surface area contributed by atoms with E-state index in [1.165, 1.54) is 53.6 Å². The SMILES string of the molecule is Cc1ccnc(NS(=O)(=O)c2ccc(NC(=O)CSc3nnc(C)s3)cc2)n1. The Morgan fingerprint density at radius 2 is 1.89 bits per heavy atom. The zero-order valence-corrected chi connectivity index (χ0v) is 17.4. The first kappa shape index (κ1) is 20.2. The molecule has 0 aliphatic rings. The maximum Gasteiger partial charge on any atom is 0.264 e. The smallest absolute Gasteiger partial charge is 0.264 e. The largest absolute Gasteiger partial charge is 0.325 e. The third kappa shape index (κ3) is 5.47. The number of nitrogens with one attached hydrogen (secondary N) is 2. The van der Waals surface area contributed by atoms with E-state index in [1.807, 2.05) is 6.92 Å². The maximum atomic E-state index is 12.4. The Hall–Kier alpha value is -2.57. The van der Waals surface area contributed by atoms with E-state index in [4.69, 9.17) is 0 Å². The zero-order chi connectivity index (χ0) is 20.1. The Kier molecular flexibility index (Phi) is 6.21. The average Bonchev–Trinajstić information content (AvgIpc) is 3.05. The first-order valence-electron chi connectivity index (χ1n) is 7.97. The van der Waals surface area contributed by atoms with Crippen LogP contribution in [0.15, 0.2) is 45.8 Å². The van der Waals surface area contributed by atoms with Crippen LogP contribution in [0.2, 0.25) is 0 Å². The van der Waals surface area contributed by atoms with Gasteiger partial charge in [0.05, 0.1) is 10.6 Å². The van der Waals surface area contributed by atoms with Crippen LogP contribution in [0.25, 0.3) is 0 Å². The standard InChI is InChI=1S/C16H16N6O3S3/c1-10-7-8-17-15(18-10)22-28(24,25)13-5-3-12(4-6-13)19-14(23)9-26-16-21-20-11(2)27-16/h3-8H,9H2,1-2H3,(H,19,23)(H,17,18,22). The van der Waals surface area contributed by atoms with Gasteiger partial charge in [0.1, 0.15) is 5.01 Å². The molecule has 12 heteroatoms. The van der Waals surface area contributed by atoms with E-state index >= 15 is 0 Å². The number of sulfonamides is 1. The molecule has 0 bridgehead atoms. The van der Waals surface area contributed by atoms with Crippen LogP contribution in [0.3, 0.4) is 0 Å². The van der Waals surface area contributed by atoms with Crippen LogP contribution in [0.1, 0.15) is 10.7 Å². The summed E-state index contributed by atoms with van der Waals surface area (Å²) < 4.78 is 27.9. The molecule has 0 unspecified atom stereocenters. The van der Waals surface area contributed by atoms with Gasteiger partial charge in [-0.2, -0.15) is 0 Å². The molecule has 0 aliphatic heterocycles. The van der Waals surface area contributed by atoms with Crippen LogP contribution >= 0.6 is 23.1 Å². The summed E-state index contributed by atoms with van der Waals surface area (Å²) in [6.45, 7) is 3.58. The molecule has 0 atom stereocenters. The number of nitrogens with zero attached hydrogens (tertiary/aromatic N) is 4. The third-order valence-corrected chi connectivity index (χ3v) is 6.62. The number of hydrogen-bond donors (Lipinski definition) is 2. The lowest BCUT2D eigenvalue weighted by atomic mass is 10.3. The number of carbonyl (C=O) groups is 1. The summed E-state index contributed by atoms with van der Waals surface area (Å²) in [7, 11) is -3.82. The molecule has 0 radical (unpaired) electrons. The number of carbonyl (C=O) groups excluding carboxylic acids is 1. The minimum atomic E-state index is -3.82. The molecule has 1 amide bonds. The van der Waals surface area contributed by atoms with Crippen LogP contribution in [0.4, 0.5) is 11.6 Å². The molecule has 146 valence electrons. The second-order valence-electron chi connectivity index (χ2n) is 5.58. The Labute approximate surface area is 170 Å². The van der Waals surface area contributed by atoms with Crippen molar-refractivity contribution in [1.29, 1.82) is 0 Å². The second kappa shape index (κ2) is 8.63. The number of amides is 1. The highest BCUT2D eigenvalue weighted by atomic mass is 32.2. The summed E-state index contributed by atoms with van der Waals surface area (Å²) in [6, 6.07) is 7.50. The lowest BCUT2D eigenvalue weighted by Crippen LogP contribution is -2.16. The number of hydrogen-bond acceptors (Lipinski definition) is 9. The van der Waals surface area contributed by atoms with E-state index in [0.29, 0.717) is 11.4 Å². The number of anilines is 2. The molecule has 0 fully saturated rings. The Bertz CT molecular complexity index is 1080. The van der Waals surface area contributed by atoms with Gasteiger partial charge in [0, 0.05) is 17.6 Å². The minimum absolute atomic E-state index is 0.00122. The fraction of sp³-hybridized carbons (Fsp3) is 0.188. The fourth-order valence-electron chi connectivity index (χ4n) is 2.06. The van der Waals surface area contributed by atoms with Crippen LogP contribution in [0.5, 0.6) is 0 Å². The summed E-state index contributed by atoms with van der Waals surface area (Å²) in [6.07, 6.45) is 1.47. The summed E-state index contributed by atoms with van der Waals surface area (Å²) in [5.74, 6) is -0.0398. The Morgan fingerprint density at radius 1 is 1.14 bits per heavy atom. The molecule has 3 rings (SSSR count). The van der Waals surface area contributed by atoms with Crippen molar-refractivity contribution in [2.24, 2.45) is 0 Å². The van der Waals surface area contributed by atoms with Crippen molar-refractivity contribution in [3.05, 3.63) is 47.2 Å². The quantitative estimate of drug-likeness (QED) is 0.541. The van der Waals surface area contributed by atoms with Gasteiger partial charge in [0.2, 0.25) is 11.9 Å². The van der Waals surface area contributed by atoms with Crippen molar-refractivity contribution in [3.8, 4) is 0 Å². The molecule has 3 aromatic rings. The summed E-state index contributed by atoms with van der Waals surface area (Å²) >= 11 is 2.71. The monoisotopic (exact) mass is 436 g/mol. The number of aromatic nitrogens is 4. The van der Waals surface area contributed by atoms with E-state index in [-0.39, 0.29) is 22.5 Å². The lowest BCUT2D eigenvalue weighted by Gasteiger charge is -2.08. The first-order chi connectivity index (χ1) is 13.3. The predicted octanol–water partition coefficient (Wildman–Crippen LogP) is 2.48.